The maximum atomic E-state index is 11.8. The minimum atomic E-state index is -1.10. The molecule has 0 heterocycles. The maximum absolute atomic E-state index is 11.8. The van der Waals surface area contributed by atoms with Crippen molar-refractivity contribution in [1.82, 2.24) is 0 Å². The maximum Gasteiger partial charge on any atom is 0.187 e. The molecule has 0 aromatic rings. The molecular weight excluding hydrogens is 176 g/mol. The summed E-state index contributed by atoms with van der Waals surface area (Å²) in [6.45, 7) is 2.00. The van der Waals surface area contributed by atoms with Crippen molar-refractivity contribution in [2.75, 3.05) is 0 Å². The van der Waals surface area contributed by atoms with Crippen molar-refractivity contribution in [3.8, 4) is 0 Å². The molecular formula is C12H14O2. The number of hydrogen-bond donors (Lipinski definition) is 1. The summed E-state index contributed by atoms with van der Waals surface area (Å²) in [7, 11) is 0. The Kier molecular flexibility index (Phi) is 1.43. The molecule has 0 aromatic heterocycles. The summed E-state index contributed by atoms with van der Waals surface area (Å²) in [6.07, 6.45) is 8.73. The van der Waals surface area contributed by atoms with Gasteiger partial charge in [0.1, 0.15) is 5.60 Å². The highest BCUT2D eigenvalue weighted by Crippen LogP contribution is 2.56. The van der Waals surface area contributed by atoms with E-state index in [9.17, 15) is 9.90 Å². The van der Waals surface area contributed by atoms with Crippen molar-refractivity contribution in [2.24, 2.45) is 23.7 Å². The second-order valence-corrected chi connectivity index (χ2v) is 4.77. The molecule has 0 aromatic carbocycles. The van der Waals surface area contributed by atoms with Crippen LogP contribution in [0.25, 0.3) is 0 Å². The van der Waals surface area contributed by atoms with Gasteiger partial charge in [-0.1, -0.05) is 25.2 Å². The largest absolute Gasteiger partial charge is 0.381 e. The Morgan fingerprint density at radius 3 is 3.07 bits per heavy atom. The highest BCUT2D eigenvalue weighted by atomic mass is 16.3. The number of aliphatic hydroxyl groups is 1. The van der Waals surface area contributed by atoms with Crippen LogP contribution < -0.4 is 0 Å². The van der Waals surface area contributed by atoms with Gasteiger partial charge in [0.2, 0.25) is 0 Å². The van der Waals surface area contributed by atoms with E-state index in [2.05, 4.69) is 6.08 Å². The van der Waals surface area contributed by atoms with Gasteiger partial charge in [0, 0.05) is 5.92 Å². The standard InChI is InChI=1S/C12H14O2/c1-7-8-5-6-11(13)12(7,14)10-4-2-3-9(8)10/h2,4-10,14H,3H2,1H3/t7-,8+,9+,10+,12-/m1/s1. The quantitative estimate of drug-likeness (QED) is 0.585. The van der Waals surface area contributed by atoms with Crippen LogP contribution in [0.1, 0.15) is 13.3 Å². The van der Waals surface area contributed by atoms with Gasteiger partial charge in [0.15, 0.2) is 5.78 Å². The molecule has 1 saturated carbocycles. The van der Waals surface area contributed by atoms with Crippen LogP contribution in [-0.4, -0.2) is 16.5 Å². The van der Waals surface area contributed by atoms with Gasteiger partial charge < -0.3 is 5.11 Å². The van der Waals surface area contributed by atoms with Crippen LogP contribution >= 0.6 is 0 Å². The minimum Gasteiger partial charge on any atom is -0.381 e. The average molecular weight is 190 g/mol. The lowest BCUT2D eigenvalue weighted by Gasteiger charge is -2.32. The Bertz CT molecular complexity index is 355. The first kappa shape index (κ1) is 8.42. The fraction of sp³-hybridized carbons (Fsp3) is 0.583. The van der Waals surface area contributed by atoms with Crippen LogP contribution in [0, 0.1) is 23.7 Å². The monoisotopic (exact) mass is 190 g/mol. The zero-order valence-corrected chi connectivity index (χ0v) is 8.18. The highest BCUT2D eigenvalue weighted by molar-refractivity contribution is 5.99. The number of fused-ring (bicyclic) bond motifs is 5. The first-order chi connectivity index (χ1) is 6.65. The van der Waals surface area contributed by atoms with Crippen LogP contribution in [0.5, 0.6) is 0 Å². The Morgan fingerprint density at radius 1 is 1.50 bits per heavy atom. The number of rotatable bonds is 0. The van der Waals surface area contributed by atoms with Gasteiger partial charge >= 0.3 is 0 Å². The van der Waals surface area contributed by atoms with E-state index < -0.39 is 5.60 Å². The van der Waals surface area contributed by atoms with Gasteiger partial charge in [-0.25, -0.2) is 0 Å². The summed E-state index contributed by atoms with van der Waals surface area (Å²) in [5.74, 6) is 0.889. The van der Waals surface area contributed by atoms with Gasteiger partial charge in [-0.15, -0.1) is 0 Å². The zero-order valence-electron chi connectivity index (χ0n) is 8.18. The van der Waals surface area contributed by atoms with Crippen molar-refractivity contribution < 1.29 is 9.90 Å². The van der Waals surface area contributed by atoms with Crippen LogP contribution in [0.15, 0.2) is 24.3 Å². The van der Waals surface area contributed by atoms with Crippen LogP contribution in [-0.2, 0) is 4.79 Å². The molecule has 0 amide bonds. The smallest absolute Gasteiger partial charge is 0.187 e. The van der Waals surface area contributed by atoms with Crippen LogP contribution in [0.3, 0.4) is 0 Å². The molecule has 0 spiro atoms. The molecule has 2 nitrogen and oxygen atoms in total. The lowest BCUT2D eigenvalue weighted by Crippen LogP contribution is -2.47. The summed E-state index contributed by atoms with van der Waals surface area (Å²) in [4.78, 5) is 11.8. The molecule has 1 N–H and O–H groups in total. The van der Waals surface area contributed by atoms with E-state index in [1.807, 2.05) is 19.1 Å². The van der Waals surface area contributed by atoms with Crippen LogP contribution in [0.2, 0.25) is 0 Å². The molecule has 0 unspecified atom stereocenters. The molecule has 1 fully saturated rings. The van der Waals surface area contributed by atoms with E-state index in [0.717, 1.165) is 6.42 Å². The zero-order chi connectivity index (χ0) is 9.92. The first-order valence-electron chi connectivity index (χ1n) is 5.27. The molecule has 3 rings (SSSR count). The van der Waals surface area contributed by atoms with E-state index >= 15 is 0 Å². The third-order valence-corrected chi connectivity index (χ3v) is 4.35. The van der Waals surface area contributed by atoms with Crippen molar-refractivity contribution in [3.05, 3.63) is 24.3 Å². The summed E-state index contributed by atoms with van der Waals surface area (Å²) in [5, 5.41) is 10.5. The fourth-order valence-corrected chi connectivity index (χ4v) is 3.54. The first-order valence-corrected chi connectivity index (χ1v) is 5.27. The predicted octanol–water partition coefficient (Wildman–Crippen LogP) is 1.31. The highest BCUT2D eigenvalue weighted by Gasteiger charge is 2.61. The second kappa shape index (κ2) is 2.37. The summed E-state index contributed by atoms with van der Waals surface area (Å²) in [5.41, 5.74) is -1.10. The van der Waals surface area contributed by atoms with Crippen LogP contribution in [0.4, 0.5) is 0 Å². The van der Waals surface area contributed by atoms with E-state index in [0.29, 0.717) is 11.8 Å². The van der Waals surface area contributed by atoms with Crippen molar-refractivity contribution >= 4 is 5.78 Å². The Morgan fingerprint density at radius 2 is 2.29 bits per heavy atom. The molecule has 0 radical (unpaired) electrons. The minimum absolute atomic E-state index is 0.0602. The number of ketones is 1. The van der Waals surface area contributed by atoms with Gasteiger partial charge in [0.05, 0.1) is 0 Å². The number of carbonyl (C=O) groups excluding carboxylic acids is 1. The van der Waals surface area contributed by atoms with E-state index in [4.69, 9.17) is 0 Å². The Labute approximate surface area is 83.3 Å². The van der Waals surface area contributed by atoms with Crippen molar-refractivity contribution in [3.63, 3.8) is 0 Å². The van der Waals surface area contributed by atoms with E-state index in [1.54, 1.807) is 6.08 Å². The van der Waals surface area contributed by atoms with Crippen molar-refractivity contribution in [2.45, 2.75) is 18.9 Å². The molecule has 5 atom stereocenters. The average Bonchev–Trinajstić information content (AvgIpc) is 2.67. The normalized spacial score (nSPS) is 54.0. The molecule has 0 aliphatic heterocycles. The fourth-order valence-electron chi connectivity index (χ4n) is 3.54. The SMILES string of the molecule is C[C@@H]1[C@@H]2C=CC(=O)[C@]1(O)[C@H]1C=CC[C@@H]21. The van der Waals surface area contributed by atoms with Crippen molar-refractivity contribution in [1.29, 1.82) is 0 Å². The Hall–Kier alpha value is -0.890. The number of allylic oxidation sites excluding steroid dienone is 2. The molecule has 14 heavy (non-hydrogen) atoms. The number of hydrogen-bond acceptors (Lipinski definition) is 2. The molecule has 2 heteroatoms. The van der Waals surface area contributed by atoms with Gasteiger partial charge in [-0.2, -0.15) is 0 Å². The molecule has 74 valence electrons. The predicted molar refractivity (Wildman–Crippen MR) is 52.5 cm³/mol. The lowest BCUT2D eigenvalue weighted by molar-refractivity contribution is -0.139. The van der Waals surface area contributed by atoms with E-state index in [1.165, 1.54) is 0 Å². The molecule has 2 bridgehead atoms. The number of carbonyl (C=O) groups is 1. The van der Waals surface area contributed by atoms with E-state index in [-0.39, 0.29) is 17.6 Å². The van der Waals surface area contributed by atoms with Gasteiger partial charge in [-0.3, -0.25) is 4.79 Å². The van der Waals surface area contributed by atoms with Gasteiger partial charge in [-0.05, 0) is 30.3 Å². The topological polar surface area (TPSA) is 37.3 Å². The summed E-state index contributed by atoms with van der Waals surface area (Å²) < 4.78 is 0. The second-order valence-electron chi connectivity index (χ2n) is 4.77. The van der Waals surface area contributed by atoms with Gasteiger partial charge in [0.25, 0.3) is 0 Å². The molecule has 3 aliphatic rings. The lowest BCUT2D eigenvalue weighted by atomic mass is 9.77. The third kappa shape index (κ3) is 0.706. The summed E-state index contributed by atoms with van der Waals surface area (Å²) >= 11 is 0. The molecule has 0 saturated heterocycles. The summed E-state index contributed by atoms with van der Waals surface area (Å²) in [6, 6.07) is 0. The molecule has 3 aliphatic carbocycles. The third-order valence-electron chi connectivity index (χ3n) is 4.35. The Balaban J connectivity index is 2.16.